The van der Waals surface area contributed by atoms with E-state index in [9.17, 15) is 18.8 Å². The Morgan fingerprint density at radius 1 is 1.00 bits per heavy atom. The zero-order valence-corrected chi connectivity index (χ0v) is 22.2. The Morgan fingerprint density at radius 3 is 2.32 bits per heavy atom. The molecule has 0 saturated carbocycles. The first-order valence-electron chi connectivity index (χ1n) is 13.4. The molecular weight excluding hydrogens is 485 g/mol. The van der Waals surface area contributed by atoms with Gasteiger partial charge in [0.25, 0.3) is 0 Å². The minimum Gasteiger partial charge on any atom is -0.380 e. The van der Waals surface area contributed by atoms with Crippen LogP contribution in [0.15, 0.2) is 54.6 Å². The minimum absolute atomic E-state index is 0.0522. The average molecular weight is 522 g/mol. The van der Waals surface area contributed by atoms with E-state index in [1.165, 1.54) is 17.4 Å². The first-order valence-corrected chi connectivity index (χ1v) is 13.4. The number of rotatable bonds is 6. The summed E-state index contributed by atoms with van der Waals surface area (Å²) in [4.78, 5) is 42.8. The van der Waals surface area contributed by atoms with Crippen molar-refractivity contribution >= 4 is 17.7 Å². The predicted molar refractivity (Wildman–Crippen MR) is 141 cm³/mol. The van der Waals surface area contributed by atoms with E-state index in [0.717, 1.165) is 11.1 Å². The second kappa shape index (κ2) is 10.5. The largest absolute Gasteiger partial charge is 0.380 e. The Kier molecular flexibility index (Phi) is 7.27. The van der Waals surface area contributed by atoms with Crippen LogP contribution in [0.1, 0.15) is 55.8 Å². The number of ether oxygens (including phenoxy) is 1. The average Bonchev–Trinajstić information content (AvgIpc) is 3.60. The zero-order valence-electron chi connectivity index (χ0n) is 22.2. The van der Waals surface area contributed by atoms with E-state index in [1.807, 2.05) is 42.5 Å². The third kappa shape index (κ3) is 4.82. The molecule has 5 rings (SSSR count). The molecule has 3 aliphatic rings. The van der Waals surface area contributed by atoms with Gasteiger partial charge in [-0.25, -0.2) is 4.39 Å². The highest BCUT2D eigenvalue weighted by atomic mass is 19.1. The van der Waals surface area contributed by atoms with Gasteiger partial charge in [0.1, 0.15) is 12.2 Å². The van der Waals surface area contributed by atoms with Crippen molar-refractivity contribution in [3.05, 3.63) is 71.3 Å². The number of alkyl halides is 1. The van der Waals surface area contributed by atoms with Crippen LogP contribution in [0.3, 0.4) is 0 Å². The van der Waals surface area contributed by atoms with Crippen molar-refractivity contribution in [2.45, 2.75) is 51.4 Å². The van der Waals surface area contributed by atoms with Gasteiger partial charge in [-0.15, -0.1) is 0 Å². The number of carbonyl (C=O) groups excluding carboxylic acids is 3. The number of nitrogens with one attached hydrogen (secondary N) is 1. The van der Waals surface area contributed by atoms with Crippen molar-refractivity contribution in [3.63, 3.8) is 0 Å². The summed E-state index contributed by atoms with van der Waals surface area (Å²) in [5, 5.41) is 3.13. The summed E-state index contributed by atoms with van der Waals surface area (Å²) in [7, 11) is 0. The molecule has 3 saturated heterocycles. The standard InChI is InChI=1S/C30H36FN3O4/c1-19(2)21-9-11-23(12-10-21)27(22-7-5-4-6-8-22)32-28(36)26-13-25(31)15-34(26)29(37)30-17-33(20(3)35)14-24(30)16-38-18-30/h4-12,19,24-27H,13-18H2,1-3H3,(H,32,36). The monoisotopic (exact) mass is 521 g/mol. The van der Waals surface area contributed by atoms with Crippen LogP contribution in [0.5, 0.6) is 0 Å². The lowest BCUT2D eigenvalue weighted by molar-refractivity contribution is -0.148. The van der Waals surface area contributed by atoms with Gasteiger partial charge in [0, 0.05) is 32.4 Å². The topological polar surface area (TPSA) is 79.0 Å². The van der Waals surface area contributed by atoms with Gasteiger partial charge in [0.15, 0.2) is 0 Å². The fourth-order valence-electron chi connectivity index (χ4n) is 6.14. The maximum absolute atomic E-state index is 14.8. The van der Waals surface area contributed by atoms with E-state index in [-0.39, 0.29) is 49.8 Å². The van der Waals surface area contributed by atoms with Crippen molar-refractivity contribution in [2.24, 2.45) is 11.3 Å². The van der Waals surface area contributed by atoms with E-state index < -0.39 is 23.7 Å². The number of fused-ring (bicyclic) bond motifs is 1. The van der Waals surface area contributed by atoms with Crippen molar-refractivity contribution in [2.75, 3.05) is 32.8 Å². The van der Waals surface area contributed by atoms with Crippen LogP contribution in [0.25, 0.3) is 0 Å². The molecule has 5 unspecified atom stereocenters. The van der Waals surface area contributed by atoms with Gasteiger partial charge < -0.3 is 19.9 Å². The summed E-state index contributed by atoms with van der Waals surface area (Å²) < 4.78 is 20.5. The molecule has 5 atom stereocenters. The van der Waals surface area contributed by atoms with Crippen LogP contribution in [0.2, 0.25) is 0 Å². The van der Waals surface area contributed by atoms with Crippen LogP contribution in [0.4, 0.5) is 4.39 Å². The normalized spacial score (nSPS) is 27.4. The van der Waals surface area contributed by atoms with E-state index in [1.54, 1.807) is 4.90 Å². The number of likely N-dealkylation sites (tertiary alicyclic amines) is 2. The lowest BCUT2D eigenvalue weighted by Gasteiger charge is -2.34. The first-order chi connectivity index (χ1) is 18.2. The number of carbonyl (C=O) groups is 3. The highest BCUT2D eigenvalue weighted by molar-refractivity contribution is 5.92. The Labute approximate surface area is 223 Å². The van der Waals surface area contributed by atoms with Gasteiger partial charge in [-0.2, -0.15) is 0 Å². The Bertz CT molecular complexity index is 1190. The minimum atomic E-state index is -1.29. The zero-order chi connectivity index (χ0) is 27.0. The van der Waals surface area contributed by atoms with Gasteiger partial charge >= 0.3 is 0 Å². The quantitative estimate of drug-likeness (QED) is 0.632. The molecule has 7 nitrogen and oxygen atoms in total. The van der Waals surface area contributed by atoms with Crippen LogP contribution in [-0.4, -0.2) is 72.6 Å². The molecular formula is C30H36FN3O4. The Hall–Kier alpha value is -3.26. The maximum atomic E-state index is 14.8. The van der Waals surface area contributed by atoms with Crippen LogP contribution in [0, 0.1) is 11.3 Å². The van der Waals surface area contributed by atoms with Crippen molar-refractivity contribution in [1.82, 2.24) is 15.1 Å². The Balaban J connectivity index is 1.40. The van der Waals surface area contributed by atoms with Gasteiger partial charge in [-0.05, 0) is 22.6 Å². The molecule has 3 fully saturated rings. The fraction of sp³-hybridized carbons (Fsp3) is 0.500. The van der Waals surface area contributed by atoms with Crippen LogP contribution >= 0.6 is 0 Å². The summed E-state index contributed by atoms with van der Waals surface area (Å²) in [6.45, 7) is 6.84. The summed E-state index contributed by atoms with van der Waals surface area (Å²) in [5.74, 6) is -0.543. The van der Waals surface area contributed by atoms with Crippen molar-refractivity contribution in [1.29, 1.82) is 0 Å². The molecule has 3 amide bonds. The fourth-order valence-corrected chi connectivity index (χ4v) is 6.14. The number of hydrogen-bond acceptors (Lipinski definition) is 4. The second-order valence-corrected chi connectivity index (χ2v) is 11.2. The molecule has 3 aliphatic heterocycles. The van der Waals surface area contributed by atoms with E-state index in [4.69, 9.17) is 4.74 Å². The van der Waals surface area contributed by atoms with Crippen molar-refractivity contribution < 1.29 is 23.5 Å². The van der Waals surface area contributed by atoms with E-state index in [2.05, 4.69) is 31.3 Å². The summed E-state index contributed by atoms with van der Waals surface area (Å²) in [6.07, 6.45) is -1.35. The third-order valence-corrected chi connectivity index (χ3v) is 8.41. The summed E-state index contributed by atoms with van der Waals surface area (Å²) in [5.41, 5.74) is 2.09. The molecule has 38 heavy (non-hydrogen) atoms. The molecule has 202 valence electrons. The second-order valence-electron chi connectivity index (χ2n) is 11.2. The van der Waals surface area contributed by atoms with Gasteiger partial charge in [-0.1, -0.05) is 68.4 Å². The lowest BCUT2D eigenvalue weighted by Crippen LogP contribution is -2.54. The molecule has 8 heteroatoms. The predicted octanol–water partition coefficient (Wildman–Crippen LogP) is 3.45. The first kappa shape index (κ1) is 26.4. The molecule has 2 aromatic rings. The molecule has 0 aliphatic carbocycles. The molecule has 2 aromatic carbocycles. The summed E-state index contributed by atoms with van der Waals surface area (Å²) in [6, 6.07) is 16.4. The summed E-state index contributed by atoms with van der Waals surface area (Å²) >= 11 is 0. The lowest BCUT2D eigenvalue weighted by atomic mass is 9.79. The molecule has 1 N–H and O–H groups in total. The number of halogens is 1. The number of hydrogen-bond donors (Lipinski definition) is 1. The van der Waals surface area contributed by atoms with Gasteiger partial charge in [0.2, 0.25) is 17.7 Å². The number of nitrogens with zero attached hydrogens (tertiary/aromatic N) is 2. The molecule has 0 radical (unpaired) electrons. The smallest absolute Gasteiger partial charge is 0.243 e. The highest BCUT2D eigenvalue weighted by Crippen LogP contribution is 2.44. The highest BCUT2D eigenvalue weighted by Gasteiger charge is 2.59. The molecule has 3 heterocycles. The number of amides is 3. The molecule has 0 bridgehead atoms. The molecule has 0 spiro atoms. The van der Waals surface area contributed by atoms with Crippen LogP contribution in [-0.2, 0) is 19.1 Å². The van der Waals surface area contributed by atoms with Crippen molar-refractivity contribution in [3.8, 4) is 0 Å². The van der Waals surface area contributed by atoms with Crippen LogP contribution < -0.4 is 5.32 Å². The van der Waals surface area contributed by atoms with E-state index >= 15 is 0 Å². The van der Waals surface area contributed by atoms with Gasteiger partial charge in [-0.3, -0.25) is 14.4 Å². The number of benzene rings is 2. The maximum Gasteiger partial charge on any atom is 0.243 e. The third-order valence-electron chi connectivity index (χ3n) is 8.41. The van der Waals surface area contributed by atoms with Gasteiger partial charge in [0.05, 0.1) is 31.2 Å². The SMILES string of the molecule is CC(=O)N1CC2COCC2(C(=O)N2CC(F)CC2C(=O)NC(c2ccccc2)c2ccc(C(C)C)cc2)C1. The molecule has 0 aromatic heterocycles. The Morgan fingerprint density at radius 2 is 1.66 bits per heavy atom. The van der Waals surface area contributed by atoms with E-state index in [0.29, 0.717) is 19.1 Å².